The fourth-order valence-corrected chi connectivity index (χ4v) is 2.89. The highest BCUT2D eigenvalue weighted by molar-refractivity contribution is 7.98. The van der Waals surface area contributed by atoms with Crippen molar-refractivity contribution < 1.29 is 8.42 Å². The summed E-state index contributed by atoms with van der Waals surface area (Å²) in [4.78, 5) is 0.149. The number of nitrogens with two attached hydrogens (primary N) is 1. The molecule has 0 spiro atoms. The van der Waals surface area contributed by atoms with Crippen LogP contribution in [0.3, 0.4) is 0 Å². The molecule has 1 atom stereocenters. The van der Waals surface area contributed by atoms with Crippen molar-refractivity contribution in [1.82, 2.24) is 0 Å². The van der Waals surface area contributed by atoms with E-state index >= 15 is 0 Å². The minimum atomic E-state index is -3.66. The van der Waals surface area contributed by atoms with Crippen LogP contribution in [-0.4, -0.2) is 27.0 Å². The second kappa shape index (κ2) is 6.28. The highest BCUT2D eigenvalue weighted by atomic mass is 32.2. The number of thioether (sulfide) groups is 1. The molecule has 1 aromatic carbocycles. The average Bonchev–Trinajstić information content (AvgIpc) is 2.26. The van der Waals surface area contributed by atoms with Gasteiger partial charge in [-0.05, 0) is 30.1 Å². The Balaban J connectivity index is 2.78. The van der Waals surface area contributed by atoms with Gasteiger partial charge in [0.25, 0.3) is 0 Å². The maximum atomic E-state index is 11.4. The summed E-state index contributed by atoms with van der Waals surface area (Å²) in [6.45, 7) is 2.84. The van der Waals surface area contributed by atoms with E-state index in [1.165, 1.54) is 6.07 Å². The molecule has 0 radical (unpaired) electrons. The fourth-order valence-electron chi connectivity index (χ4n) is 1.49. The molecule has 0 aliphatic carbocycles. The Morgan fingerprint density at radius 1 is 1.41 bits per heavy atom. The number of anilines is 1. The lowest BCUT2D eigenvalue weighted by Gasteiger charge is -2.14. The SMILES string of the molecule is CSCC(C)CNc1ccccc1S(N)(=O)=O. The Kier molecular flexibility index (Phi) is 5.30. The number of rotatable bonds is 6. The van der Waals surface area contributed by atoms with Crippen LogP contribution in [0, 0.1) is 5.92 Å². The lowest BCUT2D eigenvalue weighted by molar-refractivity contribution is 0.598. The third kappa shape index (κ3) is 4.57. The molecule has 0 heterocycles. The second-order valence-electron chi connectivity index (χ2n) is 3.98. The lowest BCUT2D eigenvalue weighted by Crippen LogP contribution is -2.18. The first-order valence-electron chi connectivity index (χ1n) is 5.29. The van der Waals surface area contributed by atoms with Gasteiger partial charge < -0.3 is 5.32 Å². The first-order chi connectivity index (χ1) is 7.95. The van der Waals surface area contributed by atoms with E-state index < -0.39 is 10.0 Å². The van der Waals surface area contributed by atoms with E-state index in [2.05, 4.69) is 18.5 Å². The summed E-state index contributed by atoms with van der Waals surface area (Å²) in [6, 6.07) is 6.69. The van der Waals surface area contributed by atoms with Crippen molar-refractivity contribution in [2.24, 2.45) is 11.1 Å². The number of hydrogen-bond donors (Lipinski definition) is 2. The molecular formula is C11H18N2O2S2. The smallest absolute Gasteiger partial charge is 0.240 e. The van der Waals surface area contributed by atoms with Crippen LogP contribution in [0.2, 0.25) is 0 Å². The van der Waals surface area contributed by atoms with Crippen LogP contribution in [0.15, 0.2) is 29.2 Å². The van der Waals surface area contributed by atoms with Gasteiger partial charge in [0.05, 0.1) is 5.69 Å². The summed E-state index contributed by atoms with van der Waals surface area (Å²) in [5, 5.41) is 8.28. The van der Waals surface area contributed by atoms with Crippen molar-refractivity contribution in [2.45, 2.75) is 11.8 Å². The summed E-state index contributed by atoms with van der Waals surface area (Å²) in [5.41, 5.74) is 0.572. The van der Waals surface area contributed by atoms with E-state index in [-0.39, 0.29) is 4.90 Å². The number of benzene rings is 1. The van der Waals surface area contributed by atoms with Gasteiger partial charge in [-0.25, -0.2) is 13.6 Å². The molecule has 0 aromatic heterocycles. The predicted octanol–water partition coefficient (Wildman–Crippen LogP) is 1.75. The van der Waals surface area contributed by atoms with E-state index in [1.54, 1.807) is 30.0 Å². The van der Waals surface area contributed by atoms with Gasteiger partial charge in [0.15, 0.2) is 0 Å². The van der Waals surface area contributed by atoms with Gasteiger partial charge in [-0.3, -0.25) is 0 Å². The van der Waals surface area contributed by atoms with Gasteiger partial charge in [0, 0.05) is 6.54 Å². The van der Waals surface area contributed by atoms with Crippen molar-refractivity contribution in [3.05, 3.63) is 24.3 Å². The number of primary sulfonamides is 1. The van der Waals surface area contributed by atoms with Crippen molar-refractivity contribution in [2.75, 3.05) is 23.9 Å². The number of para-hydroxylation sites is 1. The summed E-state index contributed by atoms with van der Waals surface area (Å²) in [5.74, 6) is 1.50. The zero-order valence-electron chi connectivity index (χ0n) is 10.0. The molecule has 0 bridgehead atoms. The van der Waals surface area contributed by atoms with Crippen molar-refractivity contribution in [3.63, 3.8) is 0 Å². The highest BCUT2D eigenvalue weighted by Crippen LogP contribution is 2.19. The van der Waals surface area contributed by atoms with E-state index in [1.807, 2.05) is 0 Å². The molecule has 0 aliphatic rings. The standard InChI is InChI=1S/C11H18N2O2S2/c1-9(8-16-2)7-13-10-5-3-4-6-11(10)17(12,14)15/h3-6,9,13H,7-8H2,1-2H3,(H2,12,14,15). The van der Waals surface area contributed by atoms with Crippen LogP contribution in [0.4, 0.5) is 5.69 Å². The predicted molar refractivity (Wildman–Crippen MR) is 73.9 cm³/mol. The molecule has 3 N–H and O–H groups in total. The third-order valence-corrected chi connectivity index (χ3v) is 4.16. The number of hydrogen-bond acceptors (Lipinski definition) is 4. The van der Waals surface area contributed by atoms with E-state index in [9.17, 15) is 8.42 Å². The van der Waals surface area contributed by atoms with Crippen LogP contribution in [0.1, 0.15) is 6.92 Å². The highest BCUT2D eigenvalue weighted by Gasteiger charge is 2.13. The van der Waals surface area contributed by atoms with E-state index in [4.69, 9.17) is 5.14 Å². The largest absolute Gasteiger partial charge is 0.384 e. The number of sulfonamides is 1. The Labute approximate surface area is 107 Å². The first-order valence-corrected chi connectivity index (χ1v) is 8.24. The second-order valence-corrected chi connectivity index (χ2v) is 6.42. The van der Waals surface area contributed by atoms with Crippen molar-refractivity contribution >= 4 is 27.5 Å². The molecule has 0 amide bonds. The fraction of sp³-hybridized carbons (Fsp3) is 0.455. The lowest BCUT2D eigenvalue weighted by atomic mass is 10.2. The van der Waals surface area contributed by atoms with Gasteiger partial charge >= 0.3 is 0 Å². The summed E-state index contributed by atoms with van der Waals surface area (Å²) >= 11 is 1.77. The topological polar surface area (TPSA) is 72.2 Å². The van der Waals surface area contributed by atoms with Crippen LogP contribution >= 0.6 is 11.8 Å². The van der Waals surface area contributed by atoms with Crippen LogP contribution in [0.5, 0.6) is 0 Å². The Hall–Kier alpha value is -0.720. The van der Waals surface area contributed by atoms with Gasteiger partial charge in [0.2, 0.25) is 10.0 Å². The zero-order chi connectivity index (χ0) is 12.9. The molecule has 0 aliphatic heterocycles. The quantitative estimate of drug-likeness (QED) is 0.829. The maximum absolute atomic E-state index is 11.4. The Morgan fingerprint density at radius 3 is 2.65 bits per heavy atom. The maximum Gasteiger partial charge on any atom is 0.240 e. The molecule has 1 rings (SSSR count). The summed E-state index contributed by atoms with van der Waals surface area (Å²) in [6.07, 6.45) is 2.05. The Morgan fingerprint density at radius 2 is 2.06 bits per heavy atom. The van der Waals surface area contributed by atoms with Crippen molar-refractivity contribution in [3.8, 4) is 0 Å². The molecule has 6 heteroatoms. The van der Waals surface area contributed by atoms with Gasteiger partial charge in [-0.15, -0.1) is 0 Å². The molecule has 0 saturated heterocycles. The summed E-state index contributed by atoms with van der Waals surface area (Å²) in [7, 11) is -3.66. The minimum absolute atomic E-state index is 0.149. The third-order valence-electron chi connectivity index (χ3n) is 2.29. The molecule has 0 fully saturated rings. The van der Waals surface area contributed by atoms with Gasteiger partial charge in [-0.1, -0.05) is 19.1 Å². The van der Waals surface area contributed by atoms with Gasteiger partial charge in [-0.2, -0.15) is 11.8 Å². The monoisotopic (exact) mass is 274 g/mol. The molecule has 1 unspecified atom stereocenters. The van der Waals surface area contributed by atoms with Crippen molar-refractivity contribution in [1.29, 1.82) is 0 Å². The molecular weight excluding hydrogens is 256 g/mol. The molecule has 1 aromatic rings. The number of nitrogens with one attached hydrogen (secondary N) is 1. The zero-order valence-corrected chi connectivity index (χ0v) is 11.6. The first kappa shape index (κ1) is 14.3. The molecule has 17 heavy (non-hydrogen) atoms. The minimum Gasteiger partial charge on any atom is -0.384 e. The van der Waals surface area contributed by atoms with E-state index in [0.29, 0.717) is 11.6 Å². The molecule has 0 saturated carbocycles. The van der Waals surface area contributed by atoms with Gasteiger partial charge in [0.1, 0.15) is 4.90 Å². The van der Waals surface area contributed by atoms with Crippen LogP contribution in [0.25, 0.3) is 0 Å². The molecule has 4 nitrogen and oxygen atoms in total. The van der Waals surface area contributed by atoms with E-state index in [0.717, 1.165) is 12.3 Å². The Bertz CT molecular complexity index is 460. The van der Waals surface area contributed by atoms with Crippen LogP contribution < -0.4 is 10.5 Å². The van der Waals surface area contributed by atoms with Crippen LogP contribution in [-0.2, 0) is 10.0 Å². The normalized spacial score (nSPS) is 13.4. The average molecular weight is 274 g/mol. The molecule has 96 valence electrons. The summed E-state index contributed by atoms with van der Waals surface area (Å²) < 4.78 is 22.7.